The van der Waals surface area contributed by atoms with E-state index in [0.717, 1.165) is 60.0 Å². The van der Waals surface area contributed by atoms with E-state index in [4.69, 9.17) is 20.8 Å². The van der Waals surface area contributed by atoms with Crippen LogP contribution in [0.3, 0.4) is 0 Å². The van der Waals surface area contributed by atoms with Crippen LogP contribution in [0.1, 0.15) is 0 Å². The van der Waals surface area contributed by atoms with Gasteiger partial charge in [0, 0.05) is 61.0 Å². The number of hydrogen-bond acceptors (Lipinski definition) is 5. The van der Waals surface area contributed by atoms with Gasteiger partial charge in [0.1, 0.15) is 17.3 Å². The summed E-state index contributed by atoms with van der Waals surface area (Å²) in [5.41, 5.74) is 5.21. The first kappa shape index (κ1) is 21.6. The van der Waals surface area contributed by atoms with Crippen LogP contribution in [0.25, 0.3) is 33.8 Å². The molecule has 0 bridgehead atoms. The highest BCUT2D eigenvalue weighted by Gasteiger charge is 2.18. The number of halogens is 1. The number of methoxy groups -OCH3 is 1. The molecule has 1 aliphatic heterocycles. The zero-order valence-electron chi connectivity index (χ0n) is 18.8. The number of ether oxygens (including phenoxy) is 1. The molecule has 4 aromatic rings. The standard InChI is InChI=1S/C27H26ClN3O2/c1-30-13-15-31(16-14-30)22-6-3-20(4-7-22)26-18-23(19-9-11-29-12-10-19)27(33-26)21-5-8-25(32-2)24(28)17-21/h3-12,17-18H,13-16H2,1-2H3. The van der Waals surface area contributed by atoms with Crippen molar-refractivity contribution in [1.82, 2.24) is 9.88 Å². The normalized spacial score (nSPS) is 14.5. The lowest BCUT2D eigenvalue weighted by Gasteiger charge is -2.34. The summed E-state index contributed by atoms with van der Waals surface area (Å²) in [6, 6.07) is 20.4. The van der Waals surface area contributed by atoms with Gasteiger partial charge >= 0.3 is 0 Å². The van der Waals surface area contributed by atoms with Gasteiger partial charge in [-0.15, -0.1) is 0 Å². The summed E-state index contributed by atoms with van der Waals surface area (Å²) in [4.78, 5) is 8.95. The Labute approximate surface area is 199 Å². The van der Waals surface area contributed by atoms with Gasteiger partial charge in [-0.3, -0.25) is 4.98 Å². The molecule has 0 radical (unpaired) electrons. The molecule has 2 aromatic heterocycles. The number of anilines is 1. The third-order valence-corrected chi connectivity index (χ3v) is 6.45. The minimum atomic E-state index is 0.546. The Morgan fingerprint density at radius 3 is 2.21 bits per heavy atom. The van der Waals surface area contributed by atoms with Crippen molar-refractivity contribution >= 4 is 17.3 Å². The minimum Gasteiger partial charge on any atom is -0.495 e. The number of hydrogen-bond donors (Lipinski definition) is 0. The Morgan fingerprint density at radius 2 is 1.55 bits per heavy atom. The van der Waals surface area contributed by atoms with Crippen molar-refractivity contribution in [2.75, 3.05) is 45.2 Å². The predicted molar refractivity (Wildman–Crippen MR) is 134 cm³/mol. The molecule has 0 N–H and O–H groups in total. The average molecular weight is 460 g/mol. The first-order chi connectivity index (χ1) is 16.1. The molecule has 6 heteroatoms. The number of furan rings is 1. The second-order valence-corrected chi connectivity index (χ2v) is 8.68. The summed E-state index contributed by atoms with van der Waals surface area (Å²) in [5.74, 6) is 2.22. The lowest BCUT2D eigenvalue weighted by Crippen LogP contribution is -2.44. The summed E-state index contributed by atoms with van der Waals surface area (Å²) >= 11 is 6.42. The first-order valence-electron chi connectivity index (χ1n) is 11.0. The van der Waals surface area contributed by atoms with Gasteiger partial charge in [-0.2, -0.15) is 0 Å². The van der Waals surface area contributed by atoms with E-state index in [1.54, 1.807) is 19.5 Å². The molecule has 2 aromatic carbocycles. The molecule has 33 heavy (non-hydrogen) atoms. The van der Waals surface area contributed by atoms with Gasteiger partial charge in [0.25, 0.3) is 0 Å². The molecule has 1 saturated heterocycles. The van der Waals surface area contributed by atoms with E-state index in [9.17, 15) is 0 Å². The number of rotatable bonds is 5. The van der Waals surface area contributed by atoms with Crippen LogP contribution in [0.2, 0.25) is 5.02 Å². The van der Waals surface area contributed by atoms with Gasteiger partial charge in [0.15, 0.2) is 0 Å². The highest BCUT2D eigenvalue weighted by molar-refractivity contribution is 6.32. The maximum absolute atomic E-state index is 6.43. The van der Waals surface area contributed by atoms with Crippen LogP contribution >= 0.6 is 11.6 Å². The van der Waals surface area contributed by atoms with Gasteiger partial charge in [0.2, 0.25) is 0 Å². The van der Waals surface area contributed by atoms with Crippen LogP contribution in [0.15, 0.2) is 77.5 Å². The van der Waals surface area contributed by atoms with Crippen molar-refractivity contribution in [2.45, 2.75) is 0 Å². The van der Waals surface area contributed by atoms with Gasteiger partial charge in [-0.25, -0.2) is 0 Å². The molecule has 5 nitrogen and oxygen atoms in total. The molecule has 168 valence electrons. The van der Waals surface area contributed by atoms with Crippen LogP contribution in [0.4, 0.5) is 5.69 Å². The fourth-order valence-corrected chi connectivity index (χ4v) is 4.46. The van der Waals surface area contributed by atoms with Gasteiger partial charge in [-0.05, 0) is 73.3 Å². The molecule has 1 aliphatic rings. The van der Waals surface area contributed by atoms with E-state index >= 15 is 0 Å². The van der Waals surface area contributed by atoms with Gasteiger partial charge in [-0.1, -0.05) is 11.6 Å². The van der Waals surface area contributed by atoms with Crippen LogP contribution in [0.5, 0.6) is 5.75 Å². The molecule has 0 spiro atoms. The van der Waals surface area contributed by atoms with E-state index < -0.39 is 0 Å². The van der Waals surface area contributed by atoms with E-state index in [2.05, 4.69) is 52.2 Å². The maximum atomic E-state index is 6.43. The maximum Gasteiger partial charge on any atom is 0.142 e. The van der Waals surface area contributed by atoms with Crippen molar-refractivity contribution in [3.63, 3.8) is 0 Å². The second kappa shape index (κ2) is 9.30. The molecule has 3 heterocycles. The lowest BCUT2D eigenvalue weighted by molar-refractivity contribution is 0.313. The highest BCUT2D eigenvalue weighted by Crippen LogP contribution is 2.41. The minimum absolute atomic E-state index is 0.546. The molecular formula is C27H26ClN3O2. The molecule has 0 amide bonds. The monoisotopic (exact) mass is 459 g/mol. The summed E-state index contributed by atoms with van der Waals surface area (Å²) < 4.78 is 11.7. The molecule has 0 unspecified atom stereocenters. The smallest absolute Gasteiger partial charge is 0.142 e. The zero-order chi connectivity index (χ0) is 22.8. The average Bonchev–Trinajstić information content (AvgIpc) is 3.31. The Bertz CT molecular complexity index is 1230. The molecule has 0 atom stereocenters. The Balaban J connectivity index is 1.52. The number of likely N-dealkylation sites (N-methyl/N-ethyl adjacent to an activating group) is 1. The van der Waals surface area contributed by atoms with Gasteiger partial charge < -0.3 is 19.0 Å². The Morgan fingerprint density at radius 1 is 0.848 bits per heavy atom. The Hall–Kier alpha value is -3.28. The highest BCUT2D eigenvalue weighted by atomic mass is 35.5. The van der Waals surface area contributed by atoms with E-state index in [-0.39, 0.29) is 0 Å². The fraction of sp³-hybridized carbons (Fsp3) is 0.222. The first-order valence-corrected chi connectivity index (χ1v) is 11.4. The number of pyridine rings is 1. The van der Waals surface area contributed by atoms with Crippen LogP contribution < -0.4 is 9.64 Å². The summed E-state index contributed by atoms with van der Waals surface area (Å²) in [6.45, 7) is 4.27. The number of nitrogens with zero attached hydrogens (tertiary/aromatic N) is 3. The second-order valence-electron chi connectivity index (χ2n) is 8.28. The number of benzene rings is 2. The predicted octanol–water partition coefficient (Wildman–Crippen LogP) is 6.09. The zero-order valence-corrected chi connectivity index (χ0v) is 19.5. The quantitative estimate of drug-likeness (QED) is 0.361. The summed E-state index contributed by atoms with van der Waals surface area (Å²) in [6.07, 6.45) is 3.58. The number of piperazine rings is 1. The Kier molecular flexibility index (Phi) is 6.07. The molecular weight excluding hydrogens is 434 g/mol. The molecule has 0 aliphatic carbocycles. The van der Waals surface area contributed by atoms with Crippen molar-refractivity contribution < 1.29 is 9.15 Å². The van der Waals surface area contributed by atoms with Crippen LogP contribution in [0, 0.1) is 0 Å². The fourth-order valence-electron chi connectivity index (χ4n) is 4.20. The van der Waals surface area contributed by atoms with Crippen molar-refractivity contribution in [1.29, 1.82) is 0 Å². The lowest BCUT2D eigenvalue weighted by atomic mass is 10.0. The largest absolute Gasteiger partial charge is 0.495 e. The third-order valence-electron chi connectivity index (χ3n) is 6.16. The van der Waals surface area contributed by atoms with Crippen LogP contribution in [-0.4, -0.2) is 50.2 Å². The van der Waals surface area contributed by atoms with Crippen LogP contribution in [-0.2, 0) is 0 Å². The summed E-state index contributed by atoms with van der Waals surface area (Å²) in [5, 5.41) is 0.546. The van der Waals surface area contributed by atoms with Crippen molar-refractivity contribution in [3.05, 3.63) is 78.1 Å². The topological polar surface area (TPSA) is 41.7 Å². The SMILES string of the molecule is COc1ccc(-c2oc(-c3ccc(N4CCN(C)CC4)cc3)cc2-c2ccncc2)cc1Cl. The van der Waals surface area contributed by atoms with Crippen molar-refractivity contribution in [3.8, 4) is 39.5 Å². The van der Waals surface area contributed by atoms with E-state index in [1.165, 1.54) is 5.69 Å². The molecule has 5 rings (SSSR count). The van der Waals surface area contributed by atoms with Crippen molar-refractivity contribution in [2.24, 2.45) is 0 Å². The summed E-state index contributed by atoms with van der Waals surface area (Å²) in [7, 11) is 3.78. The van der Waals surface area contributed by atoms with E-state index in [0.29, 0.717) is 10.8 Å². The third kappa shape index (κ3) is 4.47. The molecule has 1 fully saturated rings. The van der Waals surface area contributed by atoms with Gasteiger partial charge in [0.05, 0.1) is 12.1 Å². The number of aromatic nitrogens is 1. The molecule has 0 saturated carbocycles. The van der Waals surface area contributed by atoms with E-state index in [1.807, 2.05) is 30.3 Å².